The van der Waals surface area contributed by atoms with Crippen molar-refractivity contribution in [1.29, 1.82) is 0 Å². The maximum Gasteiger partial charge on any atom is 0.211 e. The summed E-state index contributed by atoms with van der Waals surface area (Å²) in [6.45, 7) is 4.17. The molecular formula is C13H15BrN4S. The predicted octanol–water partition coefficient (Wildman–Crippen LogP) is 3.77. The van der Waals surface area contributed by atoms with Gasteiger partial charge in [0.25, 0.3) is 0 Å². The van der Waals surface area contributed by atoms with Crippen molar-refractivity contribution in [2.45, 2.75) is 24.9 Å². The number of hydrogen-bond acceptors (Lipinski definition) is 4. The number of hydrogen-bond donors (Lipinski definition) is 0. The Morgan fingerprint density at radius 3 is 2.53 bits per heavy atom. The first-order valence-electron chi connectivity index (χ1n) is 5.91. The topological polar surface area (TPSA) is 43.1 Å². The first-order chi connectivity index (χ1) is 9.11. The Balaban J connectivity index is 2.31. The van der Waals surface area contributed by atoms with Crippen LogP contribution in [0.3, 0.4) is 0 Å². The second-order valence-corrected chi connectivity index (χ2v) is 6.00. The lowest BCUT2D eigenvalue weighted by molar-refractivity contribution is 0.668. The average molecular weight is 339 g/mol. The molecule has 0 aliphatic heterocycles. The Hall–Kier alpha value is -1.14. The normalized spacial score (nSPS) is 11.6. The molecule has 0 unspecified atom stereocenters. The molecule has 2 aromatic rings. The van der Waals surface area contributed by atoms with Crippen molar-refractivity contribution in [3.8, 4) is 0 Å². The Labute approximate surface area is 125 Å². The second kappa shape index (κ2) is 6.34. The molecule has 0 aliphatic rings. The van der Waals surface area contributed by atoms with Crippen molar-refractivity contribution < 1.29 is 0 Å². The van der Waals surface area contributed by atoms with Crippen LogP contribution < -0.4 is 0 Å². The van der Waals surface area contributed by atoms with E-state index < -0.39 is 0 Å². The van der Waals surface area contributed by atoms with Gasteiger partial charge in [0.2, 0.25) is 5.16 Å². The molecule has 100 valence electrons. The summed E-state index contributed by atoms with van der Waals surface area (Å²) in [6, 6.07) is 8.00. The number of benzene rings is 1. The minimum Gasteiger partial charge on any atom is -0.191 e. The van der Waals surface area contributed by atoms with Crippen molar-refractivity contribution in [2.24, 2.45) is 5.10 Å². The lowest BCUT2D eigenvalue weighted by Crippen LogP contribution is -2.01. The fourth-order valence-corrected chi connectivity index (χ4v) is 2.25. The van der Waals surface area contributed by atoms with Gasteiger partial charge >= 0.3 is 0 Å². The molecule has 1 aromatic carbocycles. The van der Waals surface area contributed by atoms with Gasteiger partial charge in [-0.05, 0) is 24.0 Å². The van der Waals surface area contributed by atoms with Gasteiger partial charge in [0.1, 0.15) is 0 Å². The maximum atomic E-state index is 4.49. The lowest BCUT2D eigenvalue weighted by atomic mass is 10.2. The van der Waals surface area contributed by atoms with Crippen LogP contribution in [0.1, 0.15) is 31.2 Å². The Morgan fingerprint density at radius 1 is 1.26 bits per heavy atom. The van der Waals surface area contributed by atoms with Crippen molar-refractivity contribution >= 4 is 33.9 Å². The van der Waals surface area contributed by atoms with Crippen molar-refractivity contribution in [3.63, 3.8) is 0 Å². The molecule has 0 fully saturated rings. The monoisotopic (exact) mass is 338 g/mol. The highest BCUT2D eigenvalue weighted by Gasteiger charge is 2.13. The molecule has 4 nitrogen and oxygen atoms in total. The fourth-order valence-electron chi connectivity index (χ4n) is 1.55. The van der Waals surface area contributed by atoms with Gasteiger partial charge in [0.05, 0.1) is 6.21 Å². The number of halogens is 1. The van der Waals surface area contributed by atoms with Crippen LogP contribution in [0.4, 0.5) is 0 Å². The maximum absolute atomic E-state index is 4.49. The van der Waals surface area contributed by atoms with Crippen LogP contribution in [0, 0.1) is 0 Å². The molecule has 2 rings (SSSR count). The smallest absolute Gasteiger partial charge is 0.191 e. The summed E-state index contributed by atoms with van der Waals surface area (Å²) in [6.07, 6.45) is 3.79. The minimum atomic E-state index is 0.287. The molecule has 0 saturated carbocycles. The van der Waals surface area contributed by atoms with Gasteiger partial charge in [0.15, 0.2) is 5.82 Å². The van der Waals surface area contributed by atoms with Gasteiger partial charge in [-0.2, -0.15) is 9.78 Å². The quantitative estimate of drug-likeness (QED) is 0.629. The van der Waals surface area contributed by atoms with Gasteiger partial charge in [0, 0.05) is 10.4 Å². The first-order valence-corrected chi connectivity index (χ1v) is 7.93. The summed E-state index contributed by atoms with van der Waals surface area (Å²) in [7, 11) is 0. The Morgan fingerprint density at radius 2 is 1.95 bits per heavy atom. The highest BCUT2D eigenvalue weighted by atomic mass is 79.9. The van der Waals surface area contributed by atoms with E-state index in [0.29, 0.717) is 0 Å². The van der Waals surface area contributed by atoms with E-state index >= 15 is 0 Å². The summed E-state index contributed by atoms with van der Waals surface area (Å²) in [5, 5.41) is 13.6. The van der Waals surface area contributed by atoms with Crippen LogP contribution in [0.5, 0.6) is 0 Å². The van der Waals surface area contributed by atoms with E-state index in [0.717, 1.165) is 21.0 Å². The van der Waals surface area contributed by atoms with Crippen LogP contribution >= 0.6 is 27.7 Å². The van der Waals surface area contributed by atoms with Crippen molar-refractivity contribution in [2.75, 3.05) is 6.26 Å². The van der Waals surface area contributed by atoms with Crippen LogP contribution in [0.2, 0.25) is 0 Å². The third kappa shape index (κ3) is 3.45. The molecule has 0 spiro atoms. The first kappa shape index (κ1) is 14.3. The molecule has 0 radical (unpaired) electrons. The molecule has 0 amide bonds. The molecule has 0 aliphatic carbocycles. The minimum absolute atomic E-state index is 0.287. The fraction of sp³-hybridized carbons (Fsp3) is 0.308. The van der Waals surface area contributed by atoms with Crippen LogP contribution in [-0.2, 0) is 0 Å². The van der Waals surface area contributed by atoms with Crippen molar-refractivity contribution in [3.05, 3.63) is 40.1 Å². The third-order valence-corrected chi connectivity index (χ3v) is 3.68. The standard InChI is InChI=1S/C13H15BrN4S/c1-9(2)12-16-17-13(19-3)18(12)15-8-10-4-6-11(14)7-5-10/h4-9H,1-3H3/b15-8-. The lowest BCUT2D eigenvalue weighted by Gasteiger charge is -2.05. The van der Waals surface area contributed by atoms with Gasteiger partial charge in [-0.3, -0.25) is 0 Å². The molecule has 0 saturated heterocycles. The highest BCUT2D eigenvalue weighted by molar-refractivity contribution is 9.10. The summed E-state index contributed by atoms with van der Waals surface area (Å²) < 4.78 is 2.86. The van der Waals surface area contributed by atoms with Crippen LogP contribution in [0.25, 0.3) is 0 Å². The molecule has 0 bridgehead atoms. The molecule has 19 heavy (non-hydrogen) atoms. The van der Waals surface area contributed by atoms with Gasteiger partial charge in [-0.25, -0.2) is 0 Å². The molecule has 0 atom stereocenters. The zero-order valence-electron chi connectivity index (χ0n) is 11.0. The van der Waals surface area contributed by atoms with E-state index in [-0.39, 0.29) is 5.92 Å². The van der Waals surface area contributed by atoms with Crippen LogP contribution in [0.15, 0.2) is 39.0 Å². The van der Waals surface area contributed by atoms with Crippen LogP contribution in [-0.4, -0.2) is 27.3 Å². The molecule has 1 aromatic heterocycles. The van der Waals surface area contributed by atoms with Gasteiger partial charge in [-0.15, -0.1) is 10.2 Å². The van der Waals surface area contributed by atoms with E-state index in [9.17, 15) is 0 Å². The van der Waals surface area contributed by atoms with E-state index in [1.807, 2.05) is 36.7 Å². The highest BCUT2D eigenvalue weighted by Crippen LogP contribution is 2.19. The molecule has 0 N–H and O–H groups in total. The summed E-state index contributed by atoms with van der Waals surface area (Å²) in [5.74, 6) is 1.16. The van der Waals surface area contributed by atoms with E-state index in [4.69, 9.17) is 0 Å². The van der Waals surface area contributed by atoms with Gasteiger partial charge in [-0.1, -0.05) is 53.7 Å². The van der Waals surface area contributed by atoms with Gasteiger partial charge < -0.3 is 0 Å². The summed E-state index contributed by atoms with van der Waals surface area (Å²) >= 11 is 4.96. The third-order valence-electron chi connectivity index (χ3n) is 2.53. The number of aromatic nitrogens is 3. The number of nitrogens with zero attached hydrogens (tertiary/aromatic N) is 4. The van der Waals surface area contributed by atoms with Crippen molar-refractivity contribution in [1.82, 2.24) is 14.9 Å². The number of thioether (sulfide) groups is 1. The summed E-state index contributed by atoms with van der Waals surface area (Å²) in [5.41, 5.74) is 1.04. The molecule has 6 heteroatoms. The predicted molar refractivity (Wildman–Crippen MR) is 83.0 cm³/mol. The Bertz CT molecular complexity index is 575. The average Bonchev–Trinajstić information content (AvgIpc) is 2.81. The summed E-state index contributed by atoms with van der Waals surface area (Å²) in [4.78, 5) is 0. The Kier molecular flexibility index (Phi) is 4.76. The number of rotatable bonds is 4. The zero-order chi connectivity index (χ0) is 13.8. The van der Waals surface area contributed by atoms with E-state index in [1.165, 1.54) is 11.8 Å². The van der Waals surface area contributed by atoms with E-state index in [1.54, 1.807) is 4.68 Å². The molecule has 1 heterocycles. The SMILES string of the molecule is CSc1nnc(C(C)C)n1/N=C\c1ccc(Br)cc1. The zero-order valence-corrected chi connectivity index (χ0v) is 13.4. The van der Waals surface area contributed by atoms with E-state index in [2.05, 4.69) is 45.1 Å². The second-order valence-electron chi connectivity index (χ2n) is 4.31. The largest absolute Gasteiger partial charge is 0.211 e. The molecular weight excluding hydrogens is 324 g/mol.